The van der Waals surface area contributed by atoms with Gasteiger partial charge in [0.25, 0.3) is 20.2 Å². The van der Waals surface area contributed by atoms with Crippen molar-refractivity contribution in [3.8, 4) is 0 Å². The number of aliphatic hydroxyl groups is 2. The normalized spacial score (nSPS) is 14.6. The predicted octanol–water partition coefficient (Wildman–Crippen LogP) is -2.57. The first-order chi connectivity index (χ1) is 9.75. The molecular weight excluding hydrogens is 343 g/mol. The van der Waals surface area contributed by atoms with Crippen LogP contribution in [0.1, 0.15) is 27.1 Å². The number of aliphatic hydroxyl groups excluding tert-OH is 2. The van der Waals surface area contributed by atoms with E-state index >= 15 is 0 Å². The maximum atomic E-state index is 12.0. The van der Waals surface area contributed by atoms with Crippen LogP contribution < -0.4 is 29.6 Å². The van der Waals surface area contributed by atoms with Gasteiger partial charge in [-0.2, -0.15) is 16.8 Å². The predicted molar refractivity (Wildman–Crippen MR) is 80.6 cm³/mol. The van der Waals surface area contributed by atoms with Gasteiger partial charge in [0.1, 0.15) is 0 Å². The van der Waals surface area contributed by atoms with Crippen molar-refractivity contribution in [2.24, 2.45) is 0 Å². The molecule has 0 heterocycles. The summed E-state index contributed by atoms with van der Waals surface area (Å²) in [6.07, 6.45) is 2.23. The summed E-state index contributed by atoms with van der Waals surface area (Å²) in [4.78, 5) is 0. The summed E-state index contributed by atoms with van der Waals surface area (Å²) in [6.45, 7) is 5.93. The Hall–Kier alpha value is 0.260. The second-order valence-electron chi connectivity index (χ2n) is 4.37. The van der Waals surface area contributed by atoms with Gasteiger partial charge in [-0.25, -0.2) is 0 Å². The molecule has 0 saturated carbocycles. The fourth-order valence-electron chi connectivity index (χ4n) is 1.66. The van der Waals surface area contributed by atoms with Crippen LogP contribution in [-0.2, 0) is 23.9 Å². The summed E-state index contributed by atoms with van der Waals surface area (Å²) in [6, 6.07) is 0. The number of allylic oxidation sites excluding steroid dienone is 2. The quantitative estimate of drug-likeness (QED) is 0.288. The fourth-order valence-corrected chi connectivity index (χ4v) is 5.14. The van der Waals surface area contributed by atoms with Crippen molar-refractivity contribution in [2.45, 2.75) is 36.2 Å². The summed E-state index contributed by atoms with van der Waals surface area (Å²) in [7, 11) is -8.84. The average molecular weight is 366 g/mol. The summed E-state index contributed by atoms with van der Waals surface area (Å²) in [5.74, 6) is 0. The molecule has 0 bridgehead atoms. The number of rotatable bonds is 12. The van der Waals surface area contributed by atoms with Crippen LogP contribution in [0.15, 0.2) is 25.3 Å². The molecule has 0 fully saturated rings. The molecule has 0 aromatic heterocycles. The van der Waals surface area contributed by atoms with Gasteiger partial charge in [0, 0.05) is 13.2 Å². The van der Waals surface area contributed by atoms with Gasteiger partial charge in [-0.05, 0) is 25.7 Å². The molecule has 10 heteroatoms. The molecule has 0 saturated heterocycles. The third-order valence-electron chi connectivity index (χ3n) is 2.77. The Bertz CT molecular complexity index is 486. The molecule has 0 radical (unpaired) electrons. The molecule has 0 aliphatic carbocycles. The van der Waals surface area contributed by atoms with E-state index in [1.54, 1.807) is 0 Å². The minimum atomic E-state index is -4.42. The van der Waals surface area contributed by atoms with Gasteiger partial charge < -0.3 is 11.6 Å². The Morgan fingerprint density at radius 3 is 1.45 bits per heavy atom. The molecule has 2 N–H and O–H groups in total. The van der Waals surface area contributed by atoms with E-state index in [2.05, 4.69) is 16.8 Å². The number of hydrogen-bond acceptors (Lipinski definition) is 7. The Kier molecular flexibility index (Phi) is 13.1. The zero-order valence-electron chi connectivity index (χ0n) is 13.7. The minimum Gasteiger partial charge on any atom is -1.00 e. The van der Waals surface area contributed by atoms with E-state index in [-0.39, 0.29) is 56.7 Å². The molecule has 0 amide bonds. The molecule has 126 valence electrons. The Balaban J connectivity index is -0.00000200. The first-order valence-electron chi connectivity index (χ1n) is 6.37. The van der Waals surface area contributed by atoms with Gasteiger partial charge >= 0.3 is 29.6 Å². The summed E-state index contributed by atoms with van der Waals surface area (Å²) in [5.41, 5.74) is 0. The molecule has 0 rings (SSSR count). The van der Waals surface area contributed by atoms with Gasteiger partial charge in [0.05, 0.1) is 10.5 Å². The first kappa shape index (κ1) is 24.5. The smallest absolute Gasteiger partial charge is 1.00 e. The average Bonchev–Trinajstić information content (AvgIpc) is 2.37. The fraction of sp³-hybridized carbons (Fsp3) is 0.667. The largest absolute Gasteiger partial charge is 1.00 e. The molecule has 2 unspecified atom stereocenters. The molecule has 22 heavy (non-hydrogen) atoms. The maximum absolute atomic E-state index is 12.0. The van der Waals surface area contributed by atoms with Crippen molar-refractivity contribution < 1.29 is 61.7 Å². The molecule has 0 spiro atoms. The van der Waals surface area contributed by atoms with Crippen LogP contribution in [0.2, 0.25) is 0 Å². The molecule has 7 nitrogen and oxygen atoms in total. The number of hydrogen-bond donors (Lipinski definition) is 2. The van der Waals surface area contributed by atoms with Crippen LogP contribution in [0.3, 0.4) is 0 Å². The second kappa shape index (κ2) is 11.7. The Morgan fingerprint density at radius 2 is 1.23 bits per heavy atom. The van der Waals surface area contributed by atoms with E-state index in [0.29, 0.717) is 0 Å². The zero-order valence-corrected chi connectivity index (χ0v) is 16.4. The van der Waals surface area contributed by atoms with Crippen LogP contribution in [0.5, 0.6) is 0 Å². The van der Waals surface area contributed by atoms with Crippen molar-refractivity contribution in [1.82, 2.24) is 0 Å². The molecule has 2 atom stereocenters. The monoisotopic (exact) mass is 366 g/mol. The molecular formula is C12H23NaO7S2. The zero-order chi connectivity index (χ0) is 16.5. The van der Waals surface area contributed by atoms with Gasteiger partial charge in [-0.15, -0.1) is 16.8 Å². The summed E-state index contributed by atoms with van der Waals surface area (Å²) < 4.78 is 52.3. The van der Waals surface area contributed by atoms with Gasteiger partial charge in [-0.3, -0.25) is 0 Å². The van der Waals surface area contributed by atoms with Crippen molar-refractivity contribution in [2.75, 3.05) is 13.2 Å². The molecule has 0 aliphatic heterocycles. The van der Waals surface area contributed by atoms with Crippen molar-refractivity contribution >= 4 is 20.2 Å². The van der Waals surface area contributed by atoms with E-state index < -0.39 is 43.9 Å². The van der Waals surface area contributed by atoms with Crippen LogP contribution in [0.25, 0.3) is 0 Å². The third-order valence-corrected chi connectivity index (χ3v) is 6.77. The van der Waals surface area contributed by atoms with Crippen LogP contribution in [0.4, 0.5) is 0 Å². The minimum absolute atomic E-state index is 0. The van der Waals surface area contributed by atoms with E-state index in [1.165, 1.54) is 12.2 Å². The molecule has 0 aromatic carbocycles. The van der Waals surface area contributed by atoms with Crippen LogP contribution in [0, 0.1) is 0 Å². The Labute approximate surface area is 156 Å². The van der Waals surface area contributed by atoms with E-state index in [0.717, 1.165) is 0 Å². The molecule has 0 aliphatic rings. The van der Waals surface area contributed by atoms with Crippen LogP contribution in [-0.4, -0.2) is 50.8 Å². The van der Waals surface area contributed by atoms with Crippen LogP contribution >= 0.6 is 0 Å². The van der Waals surface area contributed by atoms with Crippen molar-refractivity contribution in [3.05, 3.63) is 25.3 Å². The maximum Gasteiger partial charge on any atom is 1.00 e. The standard InChI is InChI=1S/C12H22O7S2.Na.H/c1-3-5-11(7-9-13)20(15,16)19-21(17,18)12(6-4-2)8-10-14;;/h3-4,11-14H,1-2,5-10H2;;/q;+1;-1. The SMILES string of the molecule is C=CCC(CCO)S(=O)(=O)OS(=O)(=O)C(CC=C)CCO.[H-].[Na+]. The summed E-state index contributed by atoms with van der Waals surface area (Å²) >= 11 is 0. The van der Waals surface area contributed by atoms with Gasteiger partial charge in [0.15, 0.2) is 0 Å². The van der Waals surface area contributed by atoms with Crippen molar-refractivity contribution in [3.63, 3.8) is 0 Å². The second-order valence-corrected chi connectivity index (χ2v) is 8.22. The van der Waals surface area contributed by atoms with E-state index in [4.69, 9.17) is 10.2 Å². The third kappa shape index (κ3) is 8.21. The van der Waals surface area contributed by atoms with Crippen molar-refractivity contribution in [1.29, 1.82) is 0 Å². The van der Waals surface area contributed by atoms with E-state index in [1.807, 2.05) is 0 Å². The van der Waals surface area contributed by atoms with E-state index in [9.17, 15) is 16.8 Å². The van der Waals surface area contributed by atoms with Gasteiger partial charge in [0.2, 0.25) is 0 Å². The van der Waals surface area contributed by atoms with Gasteiger partial charge in [-0.1, -0.05) is 12.2 Å². The topological polar surface area (TPSA) is 118 Å². The Morgan fingerprint density at radius 1 is 0.909 bits per heavy atom. The molecule has 0 aromatic rings. The first-order valence-corrected chi connectivity index (χ1v) is 9.31. The summed E-state index contributed by atoms with van der Waals surface area (Å²) in [5, 5.41) is 15.3.